The number of ether oxygens (including phenoxy) is 1. The van der Waals surface area contributed by atoms with Gasteiger partial charge in [-0.25, -0.2) is 4.79 Å². The fourth-order valence-corrected chi connectivity index (χ4v) is 3.22. The molecule has 5 nitrogen and oxygen atoms in total. The third-order valence-electron chi connectivity index (χ3n) is 4.29. The van der Waals surface area contributed by atoms with Crippen LogP contribution in [-0.2, 0) is 11.3 Å². The van der Waals surface area contributed by atoms with Gasteiger partial charge < -0.3 is 20.3 Å². The molecule has 1 heterocycles. The summed E-state index contributed by atoms with van der Waals surface area (Å²) in [5, 5.41) is 0. The van der Waals surface area contributed by atoms with E-state index in [1.807, 2.05) is 49.1 Å². The highest BCUT2D eigenvalue weighted by atomic mass is 16.6. The van der Waals surface area contributed by atoms with Crippen molar-refractivity contribution in [2.75, 3.05) is 26.2 Å². The molecule has 1 amide bonds. The lowest BCUT2D eigenvalue weighted by molar-refractivity contribution is 0.0432. The highest BCUT2D eigenvalue weighted by Crippen LogP contribution is 2.19. The standard InChI is InChI=1S/C18H29N3O2/c1-15(2)21(17-9-6-11-20(13-17)12-10-19)18(22)23-14-16-7-4-3-5-8-16/h3-5,7-8,15,17H,6,9-14,19H2,1-2H3/t17-/m0/s1. The second kappa shape index (κ2) is 8.89. The quantitative estimate of drug-likeness (QED) is 0.875. The summed E-state index contributed by atoms with van der Waals surface area (Å²) in [6.45, 7) is 7.92. The van der Waals surface area contributed by atoms with E-state index in [2.05, 4.69) is 4.90 Å². The van der Waals surface area contributed by atoms with Crippen molar-refractivity contribution >= 4 is 6.09 Å². The number of nitrogens with two attached hydrogens (primary N) is 1. The molecule has 23 heavy (non-hydrogen) atoms. The van der Waals surface area contributed by atoms with Crippen LogP contribution in [0.1, 0.15) is 32.3 Å². The van der Waals surface area contributed by atoms with Gasteiger partial charge in [-0.3, -0.25) is 0 Å². The van der Waals surface area contributed by atoms with Crippen LogP contribution in [0.3, 0.4) is 0 Å². The lowest BCUT2D eigenvalue weighted by Crippen LogP contribution is -2.53. The number of hydrogen-bond acceptors (Lipinski definition) is 4. The van der Waals surface area contributed by atoms with E-state index in [4.69, 9.17) is 10.5 Å². The molecule has 0 radical (unpaired) electrons. The van der Waals surface area contributed by atoms with Crippen molar-refractivity contribution in [1.29, 1.82) is 0 Å². The molecule has 0 bridgehead atoms. The zero-order chi connectivity index (χ0) is 16.7. The van der Waals surface area contributed by atoms with E-state index in [0.29, 0.717) is 13.2 Å². The molecule has 5 heteroatoms. The van der Waals surface area contributed by atoms with Crippen LogP contribution < -0.4 is 5.73 Å². The molecule has 0 spiro atoms. The molecule has 0 unspecified atom stereocenters. The summed E-state index contributed by atoms with van der Waals surface area (Å²) in [5.74, 6) is 0. The zero-order valence-corrected chi connectivity index (χ0v) is 14.3. The van der Waals surface area contributed by atoms with Gasteiger partial charge in [0.2, 0.25) is 0 Å². The number of amides is 1. The Morgan fingerprint density at radius 1 is 1.39 bits per heavy atom. The molecule has 1 aromatic rings. The first kappa shape index (κ1) is 17.8. The number of hydrogen-bond donors (Lipinski definition) is 1. The molecule has 128 valence electrons. The first-order chi connectivity index (χ1) is 11.1. The Balaban J connectivity index is 1.95. The maximum atomic E-state index is 12.6. The summed E-state index contributed by atoms with van der Waals surface area (Å²) in [6, 6.07) is 10.1. The zero-order valence-electron chi connectivity index (χ0n) is 14.3. The second-order valence-electron chi connectivity index (χ2n) is 6.43. The van der Waals surface area contributed by atoms with Crippen molar-refractivity contribution < 1.29 is 9.53 Å². The third kappa shape index (κ3) is 5.22. The fraction of sp³-hybridized carbons (Fsp3) is 0.611. The summed E-state index contributed by atoms with van der Waals surface area (Å²) in [7, 11) is 0. The van der Waals surface area contributed by atoms with Gasteiger partial charge in [0, 0.05) is 31.7 Å². The molecule has 1 aromatic carbocycles. The molecule has 1 aliphatic rings. The summed E-state index contributed by atoms with van der Waals surface area (Å²) in [4.78, 5) is 16.8. The average Bonchev–Trinajstić information content (AvgIpc) is 2.54. The summed E-state index contributed by atoms with van der Waals surface area (Å²) >= 11 is 0. The van der Waals surface area contributed by atoms with Crippen LogP contribution in [0.4, 0.5) is 4.79 Å². The highest BCUT2D eigenvalue weighted by Gasteiger charge is 2.31. The van der Waals surface area contributed by atoms with Crippen molar-refractivity contribution in [3.8, 4) is 0 Å². The first-order valence-electron chi connectivity index (χ1n) is 8.53. The fourth-order valence-electron chi connectivity index (χ4n) is 3.22. The van der Waals surface area contributed by atoms with Gasteiger partial charge >= 0.3 is 6.09 Å². The number of carbonyl (C=O) groups excluding carboxylic acids is 1. The number of likely N-dealkylation sites (tertiary alicyclic amines) is 1. The molecule has 0 aromatic heterocycles. The highest BCUT2D eigenvalue weighted by molar-refractivity contribution is 5.68. The molecule has 1 fully saturated rings. The normalized spacial score (nSPS) is 18.9. The number of piperidine rings is 1. The van der Waals surface area contributed by atoms with E-state index in [1.54, 1.807) is 0 Å². The Morgan fingerprint density at radius 3 is 2.78 bits per heavy atom. The molecule has 2 N–H and O–H groups in total. The third-order valence-corrected chi connectivity index (χ3v) is 4.29. The molecule has 0 aliphatic carbocycles. The number of benzene rings is 1. The maximum absolute atomic E-state index is 12.6. The van der Waals surface area contributed by atoms with Gasteiger partial charge in [-0.15, -0.1) is 0 Å². The second-order valence-corrected chi connectivity index (χ2v) is 6.43. The molecular weight excluding hydrogens is 290 g/mol. The SMILES string of the molecule is CC(C)N(C(=O)OCc1ccccc1)[C@H]1CCCN(CCN)C1. The molecule has 0 saturated carbocycles. The van der Waals surface area contributed by atoms with E-state index in [-0.39, 0.29) is 18.2 Å². The van der Waals surface area contributed by atoms with Crippen LogP contribution >= 0.6 is 0 Å². The number of rotatable bonds is 6. The Morgan fingerprint density at radius 2 is 2.13 bits per heavy atom. The minimum Gasteiger partial charge on any atom is -0.445 e. The largest absolute Gasteiger partial charge is 0.445 e. The predicted octanol–water partition coefficient (Wildman–Crippen LogP) is 2.46. The molecular formula is C18H29N3O2. The topological polar surface area (TPSA) is 58.8 Å². The van der Waals surface area contributed by atoms with Gasteiger partial charge in [0.25, 0.3) is 0 Å². The van der Waals surface area contributed by atoms with Crippen LogP contribution in [0.2, 0.25) is 0 Å². The van der Waals surface area contributed by atoms with Crippen molar-refractivity contribution in [2.45, 2.75) is 45.4 Å². The average molecular weight is 319 g/mol. The Hall–Kier alpha value is -1.59. The van der Waals surface area contributed by atoms with Crippen LogP contribution in [0.15, 0.2) is 30.3 Å². The van der Waals surface area contributed by atoms with E-state index >= 15 is 0 Å². The first-order valence-corrected chi connectivity index (χ1v) is 8.53. The van der Waals surface area contributed by atoms with Crippen molar-refractivity contribution in [3.05, 3.63) is 35.9 Å². The van der Waals surface area contributed by atoms with Crippen molar-refractivity contribution in [2.24, 2.45) is 5.73 Å². The van der Waals surface area contributed by atoms with Crippen molar-refractivity contribution in [1.82, 2.24) is 9.80 Å². The monoisotopic (exact) mass is 319 g/mol. The summed E-state index contributed by atoms with van der Waals surface area (Å²) in [5.41, 5.74) is 6.68. The van der Waals surface area contributed by atoms with Crippen LogP contribution in [0.25, 0.3) is 0 Å². The smallest absolute Gasteiger partial charge is 0.410 e. The molecule has 1 atom stereocenters. The number of nitrogens with zero attached hydrogens (tertiary/aromatic N) is 2. The van der Waals surface area contributed by atoms with Gasteiger partial charge in [-0.05, 0) is 38.8 Å². The van der Waals surface area contributed by atoms with Crippen LogP contribution in [0, 0.1) is 0 Å². The van der Waals surface area contributed by atoms with Crippen LogP contribution in [-0.4, -0.2) is 54.2 Å². The lowest BCUT2D eigenvalue weighted by atomic mass is 10.0. The van der Waals surface area contributed by atoms with Gasteiger partial charge in [0.1, 0.15) is 6.61 Å². The maximum Gasteiger partial charge on any atom is 0.410 e. The van der Waals surface area contributed by atoms with Crippen LogP contribution in [0.5, 0.6) is 0 Å². The Bertz CT molecular complexity index is 476. The number of carbonyl (C=O) groups is 1. The van der Waals surface area contributed by atoms with E-state index < -0.39 is 0 Å². The molecule has 1 aliphatic heterocycles. The molecule has 1 saturated heterocycles. The predicted molar refractivity (Wildman–Crippen MR) is 92.1 cm³/mol. The van der Waals surface area contributed by atoms with E-state index in [0.717, 1.165) is 38.0 Å². The molecule has 2 rings (SSSR count). The van der Waals surface area contributed by atoms with Gasteiger partial charge in [-0.2, -0.15) is 0 Å². The lowest BCUT2D eigenvalue weighted by Gasteiger charge is -2.40. The van der Waals surface area contributed by atoms with Gasteiger partial charge in [0.05, 0.1) is 0 Å². The summed E-state index contributed by atoms with van der Waals surface area (Å²) < 4.78 is 5.54. The van der Waals surface area contributed by atoms with E-state index in [1.165, 1.54) is 0 Å². The van der Waals surface area contributed by atoms with Crippen molar-refractivity contribution in [3.63, 3.8) is 0 Å². The Labute approximate surface area is 139 Å². The van der Waals surface area contributed by atoms with Gasteiger partial charge in [-0.1, -0.05) is 30.3 Å². The Kier molecular flexibility index (Phi) is 6.86. The minimum absolute atomic E-state index is 0.126. The summed E-state index contributed by atoms with van der Waals surface area (Å²) in [6.07, 6.45) is 1.91. The van der Waals surface area contributed by atoms with Gasteiger partial charge in [0.15, 0.2) is 0 Å². The van der Waals surface area contributed by atoms with E-state index in [9.17, 15) is 4.79 Å². The minimum atomic E-state index is -0.219.